The van der Waals surface area contributed by atoms with Crippen molar-refractivity contribution in [2.24, 2.45) is 5.92 Å². The largest absolute Gasteiger partial charge is 0.396 e. The molecule has 6 heteroatoms. The van der Waals surface area contributed by atoms with Gasteiger partial charge in [0.15, 0.2) is 0 Å². The van der Waals surface area contributed by atoms with E-state index in [0.717, 1.165) is 0 Å². The summed E-state index contributed by atoms with van der Waals surface area (Å²) < 4.78 is 15.1. The maximum Gasteiger partial charge on any atom is 0.330 e. The van der Waals surface area contributed by atoms with Crippen LogP contribution in [0.5, 0.6) is 0 Å². The van der Waals surface area contributed by atoms with Gasteiger partial charge in [-0.1, -0.05) is 6.92 Å². The zero-order valence-corrected chi connectivity index (χ0v) is 11.1. The van der Waals surface area contributed by atoms with Gasteiger partial charge < -0.3 is 9.84 Å². The number of nitrogens with zero attached hydrogens (tertiary/aromatic N) is 1. The van der Waals surface area contributed by atoms with Gasteiger partial charge in [-0.3, -0.25) is 14.3 Å². The van der Waals surface area contributed by atoms with Crippen LogP contribution in [0.2, 0.25) is 0 Å². The Morgan fingerprint density at radius 1 is 1.63 bits per heavy atom. The molecule has 1 saturated heterocycles. The third-order valence-corrected chi connectivity index (χ3v) is 3.43. The molecule has 1 aliphatic heterocycles. The molecule has 2 N–H and O–H groups in total. The summed E-state index contributed by atoms with van der Waals surface area (Å²) in [6.07, 6.45) is 1.15. The van der Waals surface area contributed by atoms with Crippen LogP contribution in [0.3, 0.4) is 0 Å². The molecular formula is C13H20N2O4. The van der Waals surface area contributed by atoms with Gasteiger partial charge in [0, 0.05) is 19.7 Å². The summed E-state index contributed by atoms with van der Waals surface area (Å²) in [5.41, 5.74) is -0.447. The van der Waals surface area contributed by atoms with Crippen molar-refractivity contribution in [1.29, 1.82) is 0 Å². The summed E-state index contributed by atoms with van der Waals surface area (Å²) in [5.74, 6) is 0.119. The fourth-order valence-corrected chi connectivity index (χ4v) is 2.33. The minimum Gasteiger partial charge on any atom is -0.396 e. The number of rotatable bonds is 4. The summed E-state index contributed by atoms with van der Waals surface area (Å²) in [6, 6.07) is 0. The summed E-state index contributed by atoms with van der Waals surface area (Å²) in [6.45, 7) is 3.54. The summed E-state index contributed by atoms with van der Waals surface area (Å²) in [5, 5.41) is 8.91. The number of aromatic amines is 1. The van der Waals surface area contributed by atoms with Gasteiger partial charge in [-0.2, -0.15) is 0 Å². The quantitative estimate of drug-likeness (QED) is 0.835. The van der Waals surface area contributed by atoms with Crippen molar-refractivity contribution in [2.45, 2.75) is 45.4 Å². The van der Waals surface area contributed by atoms with Crippen molar-refractivity contribution in [1.82, 2.24) is 9.55 Å². The lowest BCUT2D eigenvalue weighted by molar-refractivity contribution is -0.0124. The monoisotopic (exact) mass is 269 g/mol. The maximum atomic E-state index is 11.8. The lowest BCUT2D eigenvalue weighted by Crippen LogP contribution is -2.33. The fraction of sp³-hybridized carbons (Fsp3) is 0.692. The Hall–Kier alpha value is -1.40. The summed E-state index contributed by atoms with van der Waals surface area (Å²) >= 11 is 0. The van der Waals surface area contributed by atoms with Crippen molar-refractivity contribution in [3.05, 3.63) is 32.6 Å². The van der Waals surface area contributed by atoms with Crippen LogP contribution in [0, 0.1) is 12.8 Å². The van der Waals surface area contributed by atoms with Crippen molar-refractivity contribution < 1.29 is 11.2 Å². The Morgan fingerprint density at radius 2 is 2.37 bits per heavy atom. The molecule has 0 aromatic carbocycles. The number of aliphatic hydroxyl groups excluding tert-OH is 1. The number of ether oxygens (including phenoxy) is 1. The van der Waals surface area contributed by atoms with E-state index in [4.69, 9.17) is 11.2 Å². The van der Waals surface area contributed by atoms with Gasteiger partial charge in [0.05, 0.1) is 6.10 Å². The Labute approximate surface area is 112 Å². The number of aliphatic hydroxyl groups is 1. The van der Waals surface area contributed by atoms with Crippen molar-refractivity contribution in [2.75, 3.05) is 6.61 Å². The number of aromatic nitrogens is 2. The molecule has 0 spiro atoms. The number of hydrogen-bond acceptors (Lipinski definition) is 4. The SMILES string of the molecule is [2H][C@H](CCO)[C@H]1O[C@@H](n2cc(C)c(=O)[nH]c2=O)C[C@@H]1C. The van der Waals surface area contributed by atoms with Crippen LogP contribution in [0.4, 0.5) is 0 Å². The van der Waals surface area contributed by atoms with Gasteiger partial charge in [0.2, 0.25) is 0 Å². The predicted octanol–water partition coefficient (Wildman–Crippen LogP) is 0.541. The zero-order valence-electron chi connectivity index (χ0n) is 12.1. The van der Waals surface area contributed by atoms with E-state index in [1.807, 2.05) is 6.92 Å². The van der Waals surface area contributed by atoms with Crippen LogP contribution < -0.4 is 11.2 Å². The number of nitrogens with one attached hydrogen (secondary N) is 1. The van der Waals surface area contributed by atoms with E-state index in [-0.39, 0.29) is 18.6 Å². The summed E-state index contributed by atoms with van der Waals surface area (Å²) in [7, 11) is 0. The first-order valence-electron chi connectivity index (χ1n) is 7.02. The van der Waals surface area contributed by atoms with Gasteiger partial charge in [0.25, 0.3) is 5.56 Å². The highest BCUT2D eigenvalue weighted by Crippen LogP contribution is 2.34. The smallest absolute Gasteiger partial charge is 0.330 e. The molecule has 1 fully saturated rings. The molecular weight excluding hydrogens is 248 g/mol. The van der Waals surface area contributed by atoms with E-state index in [0.29, 0.717) is 18.4 Å². The minimum atomic E-state index is -0.514. The molecule has 0 amide bonds. The van der Waals surface area contributed by atoms with Crippen LogP contribution in [0.1, 0.15) is 39.3 Å². The Morgan fingerprint density at radius 3 is 3.05 bits per heavy atom. The molecule has 4 atom stereocenters. The van der Waals surface area contributed by atoms with Gasteiger partial charge in [-0.15, -0.1) is 0 Å². The highest BCUT2D eigenvalue weighted by molar-refractivity contribution is 5.01. The van der Waals surface area contributed by atoms with Crippen LogP contribution >= 0.6 is 0 Å². The Kier molecular flexibility index (Phi) is 3.79. The number of hydrogen-bond donors (Lipinski definition) is 2. The molecule has 0 radical (unpaired) electrons. The standard InChI is InChI=1S/C13H20N2O4/c1-8-6-11(19-10(8)4-3-5-16)15-7-9(2)12(17)14-13(15)18/h7-8,10-11,16H,3-6H2,1-2H3,(H,14,17,18)/t8-,10+,11+/m0/s1/i4D/t4-,8+,10-,11-/m1. The molecule has 19 heavy (non-hydrogen) atoms. The molecule has 2 rings (SSSR count). The van der Waals surface area contributed by atoms with Gasteiger partial charge in [-0.05, 0) is 32.1 Å². The van der Waals surface area contributed by atoms with Gasteiger partial charge in [-0.25, -0.2) is 4.79 Å². The number of H-pyrrole nitrogens is 1. The van der Waals surface area contributed by atoms with Crippen molar-refractivity contribution in [3.63, 3.8) is 0 Å². The first kappa shape index (κ1) is 12.6. The Bertz CT molecular complexity index is 582. The van der Waals surface area contributed by atoms with E-state index in [1.54, 1.807) is 6.92 Å². The molecule has 1 aromatic rings. The third-order valence-electron chi connectivity index (χ3n) is 3.43. The third kappa shape index (κ3) is 2.96. The van der Waals surface area contributed by atoms with Crippen LogP contribution in [-0.4, -0.2) is 27.4 Å². The Balaban J connectivity index is 2.22. The first-order valence-corrected chi connectivity index (χ1v) is 6.44. The zero-order chi connectivity index (χ0) is 14.9. The second kappa shape index (κ2) is 5.71. The average Bonchev–Trinajstić information content (AvgIpc) is 2.76. The molecule has 1 aromatic heterocycles. The lowest BCUT2D eigenvalue weighted by Gasteiger charge is -2.16. The van der Waals surface area contributed by atoms with Crippen LogP contribution in [0.15, 0.2) is 15.8 Å². The van der Waals surface area contributed by atoms with Gasteiger partial charge >= 0.3 is 5.69 Å². The van der Waals surface area contributed by atoms with Crippen LogP contribution in [-0.2, 0) is 4.74 Å². The van der Waals surface area contributed by atoms with Gasteiger partial charge in [0.1, 0.15) is 6.23 Å². The molecule has 0 bridgehead atoms. The van der Waals surface area contributed by atoms with E-state index >= 15 is 0 Å². The fourth-order valence-electron chi connectivity index (χ4n) is 2.33. The summed E-state index contributed by atoms with van der Waals surface area (Å²) in [4.78, 5) is 25.4. The van der Waals surface area contributed by atoms with Crippen molar-refractivity contribution >= 4 is 0 Å². The molecule has 0 saturated carbocycles. The average molecular weight is 269 g/mol. The first-order chi connectivity index (χ1) is 9.43. The second-order valence-corrected chi connectivity index (χ2v) is 4.99. The molecule has 106 valence electrons. The lowest BCUT2D eigenvalue weighted by atomic mass is 10.00. The van der Waals surface area contributed by atoms with E-state index in [2.05, 4.69) is 4.98 Å². The molecule has 0 unspecified atom stereocenters. The topological polar surface area (TPSA) is 84.3 Å². The van der Waals surface area contributed by atoms with Crippen molar-refractivity contribution in [3.8, 4) is 0 Å². The molecule has 1 aliphatic rings. The van der Waals surface area contributed by atoms with Crippen LogP contribution in [0.25, 0.3) is 0 Å². The van der Waals surface area contributed by atoms with E-state index in [1.165, 1.54) is 10.8 Å². The normalized spacial score (nSPS) is 29.2. The predicted molar refractivity (Wildman–Crippen MR) is 70.1 cm³/mol. The molecule has 6 nitrogen and oxygen atoms in total. The highest BCUT2D eigenvalue weighted by Gasteiger charge is 2.33. The number of aryl methyl sites for hydroxylation is 1. The highest BCUT2D eigenvalue weighted by atomic mass is 16.5. The second-order valence-electron chi connectivity index (χ2n) is 4.99. The molecule has 0 aliphatic carbocycles. The minimum absolute atomic E-state index is 0.0525. The van der Waals surface area contributed by atoms with E-state index < -0.39 is 23.9 Å². The van der Waals surface area contributed by atoms with E-state index in [9.17, 15) is 9.59 Å². The molecule has 2 heterocycles. The maximum absolute atomic E-state index is 11.8.